The average molecular weight is 516 g/mol. The smallest absolute Gasteiger partial charge is 0.411 e. The number of aliphatic hydroxyl groups excluding tert-OH is 1. The Bertz CT molecular complexity index is 1330. The van der Waals surface area contributed by atoms with Gasteiger partial charge in [0.2, 0.25) is 0 Å². The molecule has 38 heavy (non-hydrogen) atoms. The highest BCUT2D eigenvalue weighted by molar-refractivity contribution is 5.85. The molecule has 2 N–H and O–H groups in total. The third kappa shape index (κ3) is 4.40. The number of esters is 1. The number of rotatable bonds is 6. The summed E-state index contributed by atoms with van der Waals surface area (Å²) in [6.07, 6.45) is -1.22. The van der Waals surface area contributed by atoms with E-state index in [9.17, 15) is 14.7 Å². The third-order valence-electron chi connectivity index (χ3n) is 7.71. The van der Waals surface area contributed by atoms with E-state index in [-0.39, 0.29) is 43.5 Å². The number of ether oxygens (including phenoxy) is 4. The molecule has 3 aromatic carbocycles. The van der Waals surface area contributed by atoms with Gasteiger partial charge in [0.15, 0.2) is 0 Å². The minimum atomic E-state index is -0.561. The first-order valence-corrected chi connectivity index (χ1v) is 12.8. The van der Waals surface area contributed by atoms with Crippen molar-refractivity contribution in [2.24, 2.45) is 0 Å². The first-order chi connectivity index (χ1) is 18.6. The largest absolute Gasteiger partial charge is 0.487 e. The zero-order valence-corrected chi connectivity index (χ0v) is 21.0. The van der Waals surface area contributed by atoms with Gasteiger partial charge in [0, 0.05) is 23.1 Å². The van der Waals surface area contributed by atoms with Gasteiger partial charge in [-0.25, -0.2) is 4.79 Å². The van der Waals surface area contributed by atoms with Gasteiger partial charge in [-0.1, -0.05) is 48.5 Å². The number of nitrogens with one attached hydrogen (secondary N) is 1. The van der Waals surface area contributed by atoms with Gasteiger partial charge in [0.05, 0.1) is 26.2 Å². The van der Waals surface area contributed by atoms with Crippen molar-refractivity contribution in [3.63, 3.8) is 0 Å². The second-order valence-corrected chi connectivity index (χ2v) is 9.89. The predicted molar refractivity (Wildman–Crippen MR) is 139 cm³/mol. The van der Waals surface area contributed by atoms with Gasteiger partial charge in [-0.2, -0.15) is 0 Å². The molecule has 3 aromatic rings. The van der Waals surface area contributed by atoms with Crippen LogP contribution in [0.5, 0.6) is 5.75 Å². The van der Waals surface area contributed by atoms with Crippen molar-refractivity contribution in [1.82, 2.24) is 0 Å². The SMILES string of the molecule is COC(=O)CC1CC2c3cc(NC(=O)OCC4c5ccccc5-c5ccccc54)ccc3OC2C(CO)O1. The fraction of sp³-hybridized carbons (Fsp3) is 0.333. The van der Waals surface area contributed by atoms with E-state index >= 15 is 0 Å². The molecule has 0 saturated carbocycles. The van der Waals surface area contributed by atoms with Crippen molar-refractivity contribution in [1.29, 1.82) is 0 Å². The molecule has 1 fully saturated rings. The van der Waals surface area contributed by atoms with E-state index in [0.717, 1.165) is 16.7 Å². The second-order valence-electron chi connectivity index (χ2n) is 9.89. The molecule has 0 radical (unpaired) electrons. The van der Waals surface area contributed by atoms with E-state index in [1.54, 1.807) is 12.1 Å². The maximum Gasteiger partial charge on any atom is 0.411 e. The van der Waals surface area contributed by atoms with Crippen LogP contribution in [0.15, 0.2) is 66.7 Å². The lowest BCUT2D eigenvalue weighted by atomic mass is 9.84. The van der Waals surface area contributed by atoms with Gasteiger partial charge < -0.3 is 24.1 Å². The highest BCUT2D eigenvalue weighted by Crippen LogP contribution is 2.47. The normalized spacial score (nSPS) is 22.9. The summed E-state index contributed by atoms with van der Waals surface area (Å²) in [6, 6.07) is 21.8. The monoisotopic (exact) mass is 515 g/mol. The van der Waals surface area contributed by atoms with E-state index in [0.29, 0.717) is 17.9 Å². The fourth-order valence-corrected chi connectivity index (χ4v) is 5.99. The molecule has 1 saturated heterocycles. The van der Waals surface area contributed by atoms with Crippen LogP contribution in [0.25, 0.3) is 11.1 Å². The lowest BCUT2D eigenvalue weighted by Crippen LogP contribution is -2.46. The first-order valence-electron chi connectivity index (χ1n) is 12.8. The van der Waals surface area contributed by atoms with Crippen LogP contribution in [0.1, 0.15) is 41.4 Å². The summed E-state index contributed by atoms with van der Waals surface area (Å²) in [4.78, 5) is 24.6. The van der Waals surface area contributed by atoms with Crippen LogP contribution in [0.4, 0.5) is 10.5 Å². The Hall–Kier alpha value is -3.88. The summed E-state index contributed by atoms with van der Waals surface area (Å²) < 4.78 is 22.5. The highest BCUT2D eigenvalue weighted by atomic mass is 16.6. The van der Waals surface area contributed by atoms with Gasteiger partial charge in [-0.05, 0) is 46.9 Å². The van der Waals surface area contributed by atoms with E-state index in [1.807, 2.05) is 30.3 Å². The molecule has 4 unspecified atom stereocenters. The van der Waals surface area contributed by atoms with Crippen molar-refractivity contribution >= 4 is 17.7 Å². The summed E-state index contributed by atoms with van der Waals surface area (Å²) in [5.41, 5.74) is 6.15. The van der Waals surface area contributed by atoms with E-state index in [2.05, 4.69) is 29.6 Å². The Morgan fingerprint density at radius 2 is 1.71 bits per heavy atom. The number of methoxy groups -OCH3 is 1. The molecule has 3 aliphatic rings. The Kier molecular flexibility index (Phi) is 6.51. The Balaban J connectivity index is 1.14. The van der Waals surface area contributed by atoms with Crippen molar-refractivity contribution in [2.75, 3.05) is 25.6 Å². The number of hydrogen-bond donors (Lipinski definition) is 2. The molecule has 0 spiro atoms. The van der Waals surface area contributed by atoms with Crippen molar-refractivity contribution in [3.8, 4) is 16.9 Å². The first kappa shape index (κ1) is 24.5. The molecule has 0 bridgehead atoms. The molecule has 1 amide bonds. The molecule has 2 heterocycles. The number of carbonyl (C=O) groups is 2. The summed E-state index contributed by atoms with van der Waals surface area (Å²) in [6.45, 7) is 0.00101. The van der Waals surface area contributed by atoms with Crippen LogP contribution in [-0.2, 0) is 19.0 Å². The lowest BCUT2D eigenvalue weighted by molar-refractivity contribution is -0.156. The van der Waals surface area contributed by atoms with Crippen LogP contribution >= 0.6 is 0 Å². The molecular formula is C30H29NO7. The van der Waals surface area contributed by atoms with Crippen LogP contribution in [0, 0.1) is 0 Å². The minimum absolute atomic E-state index is 0.0215. The molecule has 4 atom stereocenters. The maximum absolute atomic E-state index is 12.8. The van der Waals surface area contributed by atoms with Gasteiger partial charge in [0.1, 0.15) is 24.6 Å². The molecule has 1 aliphatic carbocycles. The molecule has 8 nitrogen and oxygen atoms in total. The van der Waals surface area contributed by atoms with Gasteiger partial charge in [0.25, 0.3) is 0 Å². The number of anilines is 1. The van der Waals surface area contributed by atoms with E-state index < -0.39 is 18.3 Å². The minimum Gasteiger partial charge on any atom is -0.487 e. The zero-order valence-electron chi connectivity index (χ0n) is 21.0. The van der Waals surface area contributed by atoms with Gasteiger partial charge >= 0.3 is 12.1 Å². The Morgan fingerprint density at radius 3 is 2.39 bits per heavy atom. The van der Waals surface area contributed by atoms with Gasteiger partial charge in [-0.15, -0.1) is 0 Å². The van der Waals surface area contributed by atoms with Crippen LogP contribution in [-0.4, -0.2) is 55.8 Å². The molecule has 0 aromatic heterocycles. The summed E-state index contributed by atoms with van der Waals surface area (Å²) in [5, 5.41) is 12.7. The summed E-state index contributed by atoms with van der Waals surface area (Å²) >= 11 is 0. The van der Waals surface area contributed by atoms with Crippen molar-refractivity contribution in [3.05, 3.63) is 83.4 Å². The molecule has 2 aliphatic heterocycles. The topological polar surface area (TPSA) is 103 Å². The lowest BCUT2D eigenvalue weighted by Gasteiger charge is -2.36. The average Bonchev–Trinajstić information content (AvgIpc) is 3.47. The second kappa shape index (κ2) is 10.1. The number of carbonyl (C=O) groups excluding carboxylic acids is 2. The number of benzene rings is 3. The fourth-order valence-electron chi connectivity index (χ4n) is 5.99. The summed E-state index contributed by atoms with van der Waals surface area (Å²) in [7, 11) is 1.34. The number of amides is 1. The predicted octanol–water partition coefficient (Wildman–Crippen LogP) is 4.61. The standard InChI is InChI=1S/C30H29NO7/c1-35-28(33)14-18-13-24-23-12-17(10-11-26(23)38-29(24)27(15-32)37-18)31-30(34)36-16-25-21-8-4-2-6-19(21)20-7-3-5-9-22(20)25/h2-12,18,24-25,27,29,32H,13-16H2,1H3,(H,31,34). The molecule has 6 rings (SSSR count). The quantitative estimate of drug-likeness (QED) is 0.462. The number of hydrogen-bond acceptors (Lipinski definition) is 7. The maximum atomic E-state index is 12.8. The van der Waals surface area contributed by atoms with E-state index in [4.69, 9.17) is 18.9 Å². The van der Waals surface area contributed by atoms with Crippen molar-refractivity contribution in [2.45, 2.75) is 43.0 Å². The zero-order chi connectivity index (χ0) is 26.2. The van der Waals surface area contributed by atoms with E-state index in [1.165, 1.54) is 18.2 Å². The van der Waals surface area contributed by atoms with Crippen LogP contribution in [0.3, 0.4) is 0 Å². The molecule has 8 heteroatoms. The molecule has 196 valence electrons. The third-order valence-corrected chi connectivity index (χ3v) is 7.71. The van der Waals surface area contributed by atoms with Crippen LogP contribution < -0.4 is 10.1 Å². The van der Waals surface area contributed by atoms with Crippen LogP contribution in [0.2, 0.25) is 0 Å². The van der Waals surface area contributed by atoms with Crippen molar-refractivity contribution < 1.29 is 33.6 Å². The Labute approximate surface area is 220 Å². The number of aliphatic hydroxyl groups is 1. The molecular weight excluding hydrogens is 486 g/mol. The van der Waals surface area contributed by atoms with Gasteiger partial charge in [-0.3, -0.25) is 10.1 Å². The highest BCUT2D eigenvalue weighted by Gasteiger charge is 2.46. The Morgan fingerprint density at radius 1 is 1.00 bits per heavy atom. The number of fused-ring (bicyclic) bond motifs is 6. The summed E-state index contributed by atoms with van der Waals surface area (Å²) in [5.74, 6) is 0.204.